The van der Waals surface area contributed by atoms with Crippen molar-refractivity contribution in [3.63, 3.8) is 0 Å². The van der Waals surface area contributed by atoms with E-state index in [-0.39, 0.29) is 24.0 Å². The highest BCUT2D eigenvalue weighted by atomic mass is 32.1. The average Bonchev–Trinajstić information content (AvgIpc) is 3.24. The Kier molecular flexibility index (Phi) is 5.90. The van der Waals surface area contributed by atoms with Crippen LogP contribution in [0.2, 0.25) is 0 Å². The molecule has 0 saturated heterocycles. The lowest BCUT2D eigenvalue weighted by Crippen LogP contribution is -2.20. The van der Waals surface area contributed by atoms with Gasteiger partial charge in [0.1, 0.15) is 12.4 Å². The summed E-state index contributed by atoms with van der Waals surface area (Å²) < 4.78 is 7.26. The van der Waals surface area contributed by atoms with E-state index in [0.717, 1.165) is 12.0 Å². The molecule has 4 aromatic rings. The summed E-state index contributed by atoms with van der Waals surface area (Å²) in [6, 6.07) is 18.4. The summed E-state index contributed by atoms with van der Waals surface area (Å²) in [5.74, 6) is 0.405. The number of hydrogen-bond donors (Lipinski definition) is 1. The Morgan fingerprint density at radius 2 is 1.93 bits per heavy atom. The van der Waals surface area contributed by atoms with Crippen LogP contribution in [0.25, 0.3) is 4.96 Å². The topological polar surface area (TPSA) is 72.7 Å². The van der Waals surface area contributed by atoms with E-state index in [9.17, 15) is 9.59 Å². The lowest BCUT2D eigenvalue weighted by atomic mass is 9.95. The van der Waals surface area contributed by atoms with Gasteiger partial charge in [0.15, 0.2) is 4.96 Å². The minimum atomic E-state index is -0.195. The van der Waals surface area contributed by atoms with E-state index in [0.29, 0.717) is 22.1 Å². The van der Waals surface area contributed by atoms with Gasteiger partial charge < -0.3 is 10.1 Å². The van der Waals surface area contributed by atoms with Crippen molar-refractivity contribution in [1.29, 1.82) is 0 Å². The summed E-state index contributed by atoms with van der Waals surface area (Å²) in [5, 5.41) is 4.79. The van der Waals surface area contributed by atoms with Crippen LogP contribution < -0.4 is 15.6 Å². The maximum atomic E-state index is 12.7. The molecule has 0 aliphatic heterocycles. The highest BCUT2D eigenvalue weighted by Gasteiger charge is 2.18. The Labute approximate surface area is 177 Å². The summed E-state index contributed by atoms with van der Waals surface area (Å²) in [6.45, 7) is 2.20. The van der Waals surface area contributed by atoms with Gasteiger partial charge in [-0.05, 0) is 36.2 Å². The number of rotatable bonds is 7. The van der Waals surface area contributed by atoms with E-state index in [1.54, 1.807) is 30.5 Å². The zero-order valence-electron chi connectivity index (χ0n) is 16.4. The third-order valence-electron chi connectivity index (χ3n) is 4.79. The standard InChI is InChI=1S/C23H21N3O3S/c1-2-20(16-6-4-3-5-7-16)22(28)24-17-8-10-19(11-9-17)29-15-18-14-21(27)26-12-13-30-23(26)25-18/h3-14,20H,2,15H2,1H3,(H,24,28). The third-order valence-corrected chi connectivity index (χ3v) is 5.55. The Balaban J connectivity index is 1.38. The number of anilines is 1. The first kappa shape index (κ1) is 19.8. The monoisotopic (exact) mass is 419 g/mol. The summed E-state index contributed by atoms with van der Waals surface area (Å²) in [4.78, 5) is 29.8. The van der Waals surface area contributed by atoms with Crippen LogP contribution in [0.5, 0.6) is 5.75 Å². The molecular weight excluding hydrogens is 398 g/mol. The van der Waals surface area contributed by atoms with Gasteiger partial charge in [0, 0.05) is 23.3 Å². The van der Waals surface area contributed by atoms with Crippen molar-refractivity contribution in [2.75, 3.05) is 5.32 Å². The van der Waals surface area contributed by atoms with Crippen molar-refractivity contribution in [2.24, 2.45) is 0 Å². The van der Waals surface area contributed by atoms with Crippen LogP contribution in [-0.2, 0) is 11.4 Å². The number of carbonyl (C=O) groups is 1. The Hall–Kier alpha value is -3.45. The molecule has 4 rings (SSSR count). The van der Waals surface area contributed by atoms with Crippen molar-refractivity contribution in [3.05, 3.63) is 93.9 Å². The van der Waals surface area contributed by atoms with Crippen LogP contribution >= 0.6 is 11.3 Å². The molecule has 1 amide bonds. The molecule has 0 spiro atoms. The van der Waals surface area contributed by atoms with Crippen LogP contribution in [-0.4, -0.2) is 15.3 Å². The smallest absolute Gasteiger partial charge is 0.258 e. The number of amides is 1. The van der Waals surface area contributed by atoms with Crippen LogP contribution in [0.3, 0.4) is 0 Å². The molecular formula is C23H21N3O3S. The molecule has 0 aliphatic carbocycles. The molecule has 0 bridgehead atoms. The summed E-state index contributed by atoms with van der Waals surface area (Å²) in [6.07, 6.45) is 2.42. The molecule has 7 heteroatoms. The van der Waals surface area contributed by atoms with Crippen LogP contribution in [0.15, 0.2) is 77.0 Å². The van der Waals surface area contributed by atoms with Gasteiger partial charge >= 0.3 is 0 Å². The van der Waals surface area contributed by atoms with Gasteiger partial charge in [0.05, 0.1) is 11.6 Å². The summed E-state index contributed by atoms with van der Waals surface area (Å²) >= 11 is 1.40. The molecule has 0 fully saturated rings. The minimum absolute atomic E-state index is 0.0358. The van der Waals surface area contributed by atoms with Gasteiger partial charge in [-0.15, -0.1) is 11.3 Å². The van der Waals surface area contributed by atoms with Crippen molar-refractivity contribution >= 4 is 27.9 Å². The molecule has 30 heavy (non-hydrogen) atoms. The number of aromatic nitrogens is 2. The van der Waals surface area contributed by atoms with E-state index < -0.39 is 0 Å². The highest BCUT2D eigenvalue weighted by molar-refractivity contribution is 7.15. The molecule has 0 radical (unpaired) electrons. The number of hydrogen-bond acceptors (Lipinski definition) is 5. The van der Waals surface area contributed by atoms with Gasteiger partial charge in [0.2, 0.25) is 5.91 Å². The van der Waals surface area contributed by atoms with Crippen LogP contribution in [0.4, 0.5) is 5.69 Å². The zero-order chi connectivity index (χ0) is 20.9. The van der Waals surface area contributed by atoms with Gasteiger partial charge in [-0.25, -0.2) is 4.98 Å². The van der Waals surface area contributed by atoms with Crippen molar-refractivity contribution in [2.45, 2.75) is 25.9 Å². The molecule has 2 heterocycles. The lowest BCUT2D eigenvalue weighted by molar-refractivity contribution is -0.117. The Bertz CT molecular complexity index is 1200. The second-order valence-electron chi connectivity index (χ2n) is 6.82. The molecule has 6 nitrogen and oxygen atoms in total. The van der Waals surface area contributed by atoms with E-state index in [1.165, 1.54) is 21.8 Å². The number of nitrogens with zero attached hydrogens (tertiary/aromatic N) is 2. The highest BCUT2D eigenvalue weighted by Crippen LogP contribution is 2.23. The van der Waals surface area contributed by atoms with Crippen molar-refractivity contribution in [1.82, 2.24) is 9.38 Å². The molecule has 0 aliphatic rings. The molecule has 2 aromatic heterocycles. The lowest BCUT2D eigenvalue weighted by Gasteiger charge is -2.15. The second kappa shape index (κ2) is 8.92. The Morgan fingerprint density at radius 3 is 2.67 bits per heavy atom. The van der Waals surface area contributed by atoms with Crippen molar-refractivity contribution in [3.8, 4) is 5.75 Å². The first-order valence-electron chi connectivity index (χ1n) is 9.68. The maximum absolute atomic E-state index is 12.7. The minimum Gasteiger partial charge on any atom is -0.487 e. The molecule has 2 aromatic carbocycles. The van der Waals surface area contributed by atoms with Crippen LogP contribution in [0, 0.1) is 0 Å². The quantitative estimate of drug-likeness (QED) is 0.480. The molecule has 0 saturated carbocycles. The first-order valence-corrected chi connectivity index (χ1v) is 10.6. The molecule has 1 atom stereocenters. The Morgan fingerprint density at radius 1 is 1.17 bits per heavy atom. The number of fused-ring (bicyclic) bond motifs is 1. The molecule has 1 N–H and O–H groups in total. The van der Waals surface area contributed by atoms with Gasteiger partial charge in [-0.2, -0.15) is 0 Å². The van der Waals surface area contributed by atoms with E-state index in [4.69, 9.17) is 4.74 Å². The first-order chi connectivity index (χ1) is 14.6. The number of ether oxygens (including phenoxy) is 1. The van der Waals surface area contributed by atoms with Gasteiger partial charge in [0.25, 0.3) is 5.56 Å². The normalized spacial score (nSPS) is 11.9. The molecule has 152 valence electrons. The second-order valence-corrected chi connectivity index (χ2v) is 7.69. The fourth-order valence-electron chi connectivity index (χ4n) is 3.24. The number of benzene rings is 2. The summed E-state index contributed by atoms with van der Waals surface area (Å²) in [5.41, 5.74) is 2.16. The number of thiazole rings is 1. The fourth-order valence-corrected chi connectivity index (χ4v) is 3.98. The predicted octanol–water partition coefficient (Wildman–Crippen LogP) is 4.47. The zero-order valence-corrected chi connectivity index (χ0v) is 17.3. The third kappa shape index (κ3) is 4.41. The predicted molar refractivity (Wildman–Crippen MR) is 118 cm³/mol. The number of nitrogens with one attached hydrogen (secondary N) is 1. The fraction of sp³-hybridized carbons (Fsp3) is 0.174. The van der Waals surface area contributed by atoms with E-state index in [1.807, 2.05) is 42.6 Å². The van der Waals surface area contributed by atoms with Crippen LogP contribution in [0.1, 0.15) is 30.5 Å². The van der Waals surface area contributed by atoms with E-state index >= 15 is 0 Å². The van der Waals surface area contributed by atoms with Crippen molar-refractivity contribution < 1.29 is 9.53 Å². The SMILES string of the molecule is CCC(C(=O)Nc1ccc(OCc2cc(=O)n3ccsc3n2)cc1)c1ccccc1. The molecule has 1 unspecified atom stereocenters. The average molecular weight is 420 g/mol. The number of carbonyl (C=O) groups excluding carboxylic acids is 1. The van der Waals surface area contributed by atoms with E-state index in [2.05, 4.69) is 10.3 Å². The maximum Gasteiger partial charge on any atom is 0.258 e. The largest absolute Gasteiger partial charge is 0.487 e. The summed E-state index contributed by atoms with van der Waals surface area (Å²) in [7, 11) is 0. The van der Waals surface area contributed by atoms with Gasteiger partial charge in [-0.1, -0.05) is 37.3 Å². The van der Waals surface area contributed by atoms with Gasteiger partial charge in [-0.3, -0.25) is 14.0 Å².